The van der Waals surface area contributed by atoms with Crippen molar-refractivity contribution < 1.29 is 9.59 Å². The first-order valence-electron chi connectivity index (χ1n) is 5.76. The maximum absolute atomic E-state index is 10.7. The fourth-order valence-electron chi connectivity index (χ4n) is 2.39. The van der Waals surface area contributed by atoms with Crippen LogP contribution in [0.25, 0.3) is 0 Å². The van der Waals surface area contributed by atoms with E-state index in [0.717, 1.165) is 18.4 Å². The summed E-state index contributed by atoms with van der Waals surface area (Å²) in [6.45, 7) is 0. The molecule has 0 unspecified atom stereocenters. The summed E-state index contributed by atoms with van der Waals surface area (Å²) in [7, 11) is 0. The van der Waals surface area contributed by atoms with Gasteiger partial charge in [0.25, 0.3) is 0 Å². The lowest BCUT2D eigenvalue weighted by Crippen LogP contribution is -2.07. The van der Waals surface area contributed by atoms with Crippen molar-refractivity contribution in [1.29, 1.82) is 0 Å². The van der Waals surface area contributed by atoms with Gasteiger partial charge in [-0.05, 0) is 36.5 Å². The molecule has 0 aliphatic heterocycles. The van der Waals surface area contributed by atoms with Crippen LogP contribution in [0.5, 0.6) is 0 Å². The highest BCUT2D eigenvalue weighted by Crippen LogP contribution is 2.32. The van der Waals surface area contributed by atoms with E-state index in [4.69, 9.17) is 0 Å². The van der Waals surface area contributed by atoms with Crippen LogP contribution in [0.2, 0.25) is 0 Å². The first-order chi connectivity index (χ1) is 7.83. The molecule has 1 fully saturated rings. The van der Waals surface area contributed by atoms with Gasteiger partial charge in [-0.15, -0.1) is 0 Å². The maximum atomic E-state index is 10.7. The third-order valence-electron chi connectivity index (χ3n) is 3.21. The molecule has 1 saturated carbocycles. The molecule has 0 aromatic carbocycles. The molecule has 1 aromatic heterocycles. The Morgan fingerprint density at radius 3 is 2.06 bits per heavy atom. The molecule has 1 aliphatic rings. The van der Waals surface area contributed by atoms with Crippen molar-refractivity contribution in [2.24, 2.45) is 0 Å². The Morgan fingerprint density at radius 1 is 1.00 bits per heavy atom. The van der Waals surface area contributed by atoms with E-state index >= 15 is 0 Å². The highest BCUT2D eigenvalue weighted by atomic mass is 16.1. The van der Waals surface area contributed by atoms with Gasteiger partial charge in [0, 0.05) is 0 Å². The lowest BCUT2D eigenvalue weighted by molar-refractivity contribution is 0.111. The smallest absolute Gasteiger partial charge is 0.168 e. The summed E-state index contributed by atoms with van der Waals surface area (Å²) < 4.78 is 0. The lowest BCUT2D eigenvalue weighted by Gasteiger charge is -2.22. The van der Waals surface area contributed by atoms with Crippen molar-refractivity contribution in [1.82, 2.24) is 4.98 Å². The summed E-state index contributed by atoms with van der Waals surface area (Å²) in [6, 6.07) is 3.63. The molecule has 0 spiro atoms. The van der Waals surface area contributed by atoms with E-state index in [0.29, 0.717) is 29.9 Å². The third kappa shape index (κ3) is 2.35. The zero-order chi connectivity index (χ0) is 11.4. The average molecular weight is 217 g/mol. The second-order valence-electron chi connectivity index (χ2n) is 4.32. The van der Waals surface area contributed by atoms with Gasteiger partial charge in [-0.3, -0.25) is 9.59 Å². The molecule has 0 amide bonds. The molecule has 3 heteroatoms. The standard InChI is InChI=1S/C13H15NO2/c15-8-12-6-11(7-13(9-16)14-12)10-4-2-1-3-5-10/h6-10H,1-5H2. The molecule has 2 rings (SSSR count). The fraction of sp³-hybridized carbons (Fsp3) is 0.462. The lowest BCUT2D eigenvalue weighted by atomic mass is 9.84. The normalized spacial score (nSPS) is 17.0. The van der Waals surface area contributed by atoms with E-state index in [9.17, 15) is 9.59 Å². The number of hydrogen-bond acceptors (Lipinski definition) is 3. The second-order valence-corrected chi connectivity index (χ2v) is 4.32. The molecule has 0 radical (unpaired) electrons. The van der Waals surface area contributed by atoms with E-state index in [2.05, 4.69) is 4.98 Å². The minimum absolute atomic E-state index is 0.366. The second kappa shape index (κ2) is 5.01. The minimum Gasteiger partial charge on any atom is -0.296 e. The Bertz CT molecular complexity index is 369. The van der Waals surface area contributed by atoms with E-state index in [1.807, 2.05) is 12.1 Å². The Morgan fingerprint density at radius 2 is 1.56 bits per heavy atom. The molecule has 1 aromatic rings. The Balaban J connectivity index is 2.30. The summed E-state index contributed by atoms with van der Waals surface area (Å²) in [6.07, 6.45) is 7.49. The van der Waals surface area contributed by atoms with E-state index < -0.39 is 0 Å². The van der Waals surface area contributed by atoms with Gasteiger partial charge in [-0.2, -0.15) is 0 Å². The number of aromatic nitrogens is 1. The first kappa shape index (κ1) is 11.0. The van der Waals surface area contributed by atoms with E-state index in [1.165, 1.54) is 19.3 Å². The van der Waals surface area contributed by atoms with Crippen LogP contribution in [0.3, 0.4) is 0 Å². The van der Waals surface area contributed by atoms with Gasteiger partial charge >= 0.3 is 0 Å². The zero-order valence-electron chi connectivity index (χ0n) is 9.19. The molecule has 1 aliphatic carbocycles. The first-order valence-corrected chi connectivity index (χ1v) is 5.76. The highest BCUT2D eigenvalue weighted by molar-refractivity contribution is 5.77. The minimum atomic E-state index is 0.366. The Labute approximate surface area is 94.9 Å². The SMILES string of the molecule is O=Cc1cc(C2CCCCC2)cc(C=O)n1. The van der Waals surface area contributed by atoms with Crippen LogP contribution in [-0.2, 0) is 0 Å². The third-order valence-corrected chi connectivity index (χ3v) is 3.21. The number of pyridine rings is 1. The van der Waals surface area contributed by atoms with Gasteiger partial charge in [0.05, 0.1) is 0 Å². The average Bonchev–Trinajstić information content (AvgIpc) is 2.39. The predicted octanol–water partition coefficient (Wildman–Crippen LogP) is 2.75. The number of nitrogens with zero attached hydrogens (tertiary/aromatic N) is 1. The molecule has 0 bridgehead atoms. The number of hydrogen-bond donors (Lipinski definition) is 0. The molecule has 84 valence electrons. The molecule has 1 heterocycles. The summed E-state index contributed by atoms with van der Waals surface area (Å²) >= 11 is 0. The van der Waals surface area contributed by atoms with Gasteiger partial charge < -0.3 is 0 Å². The number of rotatable bonds is 3. The summed E-state index contributed by atoms with van der Waals surface area (Å²) in [5.74, 6) is 0.495. The molecule has 0 saturated heterocycles. The summed E-state index contributed by atoms with van der Waals surface area (Å²) in [5, 5.41) is 0. The van der Waals surface area contributed by atoms with Crippen LogP contribution >= 0.6 is 0 Å². The quantitative estimate of drug-likeness (QED) is 0.731. The van der Waals surface area contributed by atoms with Crippen molar-refractivity contribution in [3.05, 3.63) is 29.1 Å². The van der Waals surface area contributed by atoms with Crippen LogP contribution in [0.1, 0.15) is 64.6 Å². The van der Waals surface area contributed by atoms with Crippen LogP contribution in [0.15, 0.2) is 12.1 Å². The monoisotopic (exact) mass is 217 g/mol. The van der Waals surface area contributed by atoms with Crippen molar-refractivity contribution in [2.45, 2.75) is 38.0 Å². The van der Waals surface area contributed by atoms with E-state index in [-0.39, 0.29) is 0 Å². The van der Waals surface area contributed by atoms with Crippen LogP contribution in [0.4, 0.5) is 0 Å². The summed E-state index contributed by atoms with van der Waals surface area (Å²) in [4.78, 5) is 25.4. The van der Waals surface area contributed by atoms with Gasteiger partial charge in [-0.25, -0.2) is 4.98 Å². The number of carbonyl (C=O) groups is 2. The molecular formula is C13H15NO2. The number of aldehydes is 2. The van der Waals surface area contributed by atoms with Crippen molar-refractivity contribution in [3.63, 3.8) is 0 Å². The topological polar surface area (TPSA) is 47.0 Å². The molecule has 0 N–H and O–H groups in total. The van der Waals surface area contributed by atoms with Crippen LogP contribution in [0, 0.1) is 0 Å². The van der Waals surface area contributed by atoms with Crippen molar-refractivity contribution in [3.8, 4) is 0 Å². The molecule has 3 nitrogen and oxygen atoms in total. The van der Waals surface area contributed by atoms with Crippen LogP contribution in [-0.4, -0.2) is 17.6 Å². The highest BCUT2D eigenvalue weighted by Gasteiger charge is 2.16. The zero-order valence-corrected chi connectivity index (χ0v) is 9.19. The van der Waals surface area contributed by atoms with Crippen molar-refractivity contribution >= 4 is 12.6 Å². The summed E-state index contributed by atoms with van der Waals surface area (Å²) in [5.41, 5.74) is 1.83. The van der Waals surface area contributed by atoms with Gasteiger partial charge in [-0.1, -0.05) is 19.3 Å². The van der Waals surface area contributed by atoms with Crippen LogP contribution < -0.4 is 0 Å². The molecule has 16 heavy (non-hydrogen) atoms. The molecule has 0 atom stereocenters. The van der Waals surface area contributed by atoms with E-state index in [1.54, 1.807) is 0 Å². The van der Waals surface area contributed by atoms with Gasteiger partial charge in [0.2, 0.25) is 0 Å². The number of carbonyl (C=O) groups excluding carboxylic acids is 2. The predicted molar refractivity (Wildman–Crippen MR) is 60.8 cm³/mol. The van der Waals surface area contributed by atoms with Gasteiger partial charge in [0.1, 0.15) is 11.4 Å². The molecular weight excluding hydrogens is 202 g/mol. The largest absolute Gasteiger partial charge is 0.296 e. The van der Waals surface area contributed by atoms with Crippen molar-refractivity contribution in [2.75, 3.05) is 0 Å². The fourth-order valence-corrected chi connectivity index (χ4v) is 2.39. The Hall–Kier alpha value is -1.51. The Kier molecular flexibility index (Phi) is 3.44. The van der Waals surface area contributed by atoms with Gasteiger partial charge in [0.15, 0.2) is 12.6 Å². The maximum Gasteiger partial charge on any atom is 0.168 e.